The van der Waals surface area contributed by atoms with Crippen LogP contribution in [0, 0.1) is 6.92 Å². The second kappa shape index (κ2) is 5.06. The topological polar surface area (TPSA) is 74.7 Å². The third-order valence-corrected chi connectivity index (χ3v) is 4.03. The van der Waals surface area contributed by atoms with Crippen molar-refractivity contribution in [1.29, 1.82) is 0 Å². The van der Waals surface area contributed by atoms with Gasteiger partial charge in [0.15, 0.2) is 0 Å². The third kappa shape index (κ3) is 2.12. The molecule has 0 saturated carbocycles. The highest BCUT2D eigenvalue weighted by Crippen LogP contribution is 2.32. The molecular weight excluding hydrogens is 350 g/mol. The first kappa shape index (κ1) is 14.5. The Kier molecular flexibility index (Phi) is 3.33. The molecule has 5 nitrogen and oxygen atoms in total. The van der Waals surface area contributed by atoms with Crippen LogP contribution in [0.1, 0.15) is 36.6 Å². The molecule has 0 bridgehead atoms. The van der Waals surface area contributed by atoms with Gasteiger partial charge in [-0.2, -0.15) is 0 Å². The van der Waals surface area contributed by atoms with Crippen LogP contribution in [0.5, 0.6) is 0 Å². The van der Waals surface area contributed by atoms with E-state index in [0.717, 1.165) is 14.9 Å². The maximum absolute atomic E-state index is 12.5. The molecule has 0 saturated heterocycles. The number of aryl methyl sites for hydroxylation is 1. The molecule has 1 N–H and O–H groups in total. The van der Waals surface area contributed by atoms with E-state index in [2.05, 4.69) is 15.9 Å². The van der Waals surface area contributed by atoms with Crippen molar-refractivity contribution in [1.82, 2.24) is 0 Å². The quantitative estimate of drug-likeness (QED) is 0.835. The Labute approximate surface area is 134 Å². The minimum Gasteiger partial charge on any atom is -0.478 e. The van der Waals surface area contributed by atoms with Gasteiger partial charge in [0, 0.05) is 4.47 Å². The Morgan fingerprint density at radius 1 is 1.05 bits per heavy atom. The lowest BCUT2D eigenvalue weighted by molar-refractivity contribution is 0.0696. The zero-order valence-electron chi connectivity index (χ0n) is 11.5. The van der Waals surface area contributed by atoms with Crippen molar-refractivity contribution in [2.24, 2.45) is 0 Å². The summed E-state index contributed by atoms with van der Waals surface area (Å²) in [5.74, 6) is -2.09. The van der Waals surface area contributed by atoms with E-state index in [9.17, 15) is 14.4 Å². The number of carbonyl (C=O) groups excluding carboxylic acids is 2. The van der Waals surface area contributed by atoms with Crippen LogP contribution in [0.15, 0.2) is 40.9 Å². The summed E-state index contributed by atoms with van der Waals surface area (Å²) in [6, 6.07) is 9.18. The van der Waals surface area contributed by atoms with Crippen LogP contribution in [-0.4, -0.2) is 22.9 Å². The predicted octanol–water partition coefficient (Wildman–Crippen LogP) is 3.26. The molecule has 2 aromatic carbocycles. The van der Waals surface area contributed by atoms with Crippen LogP contribution < -0.4 is 4.90 Å². The van der Waals surface area contributed by atoms with Gasteiger partial charge in [-0.3, -0.25) is 9.59 Å². The molecule has 1 heterocycles. The Bertz CT molecular complexity index is 844. The normalized spacial score (nSPS) is 13.5. The number of carbonyl (C=O) groups is 3. The van der Waals surface area contributed by atoms with Gasteiger partial charge in [-0.25, -0.2) is 9.69 Å². The van der Waals surface area contributed by atoms with E-state index in [1.807, 2.05) is 6.07 Å². The van der Waals surface area contributed by atoms with E-state index < -0.39 is 17.8 Å². The Morgan fingerprint density at radius 3 is 2.36 bits per heavy atom. The number of hydrogen-bond acceptors (Lipinski definition) is 3. The first-order valence-electron chi connectivity index (χ1n) is 6.42. The zero-order valence-corrected chi connectivity index (χ0v) is 13.0. The fraction of sp³-hybridized carbons (Fsp3) is 0.0625. The lowest BCUT2D eigenvalue weighted by Gasteiger charge is -2.16. The summed E-state index contributed by atoms with van der Waals surface area (Å²) in [5.41, 5.74) is 1.58. The lowest BCUT2D eigenvalue weighted by atomic mass is 10.1. The first-order valence-corrected chi connectivity index (χ1v) is 7.21. The van der Waals surface area contributed by atoms with Gasteiger partial charge in [-0.1, -0.05) is 15.9 Å². The largest absolute Gasteiger partial charge is 0.478 e. The van der Waals surface area contributed by atoms with Crippen LogP contribution in [0.2, 0.25) is 0 Å². The Balaban J connectivity index is 2.12. The number of hydrogen-bond donors (Lipinski definition) is 1. The van der Waals surface area contributed by atoms with Gasteiger partial charge >= 0.3 is 5.97 Å². The summed E-state index contributed by atoms with van der Waals surface area (Å²) < 4.78 is 0.846. The fourth-order valence-electron chi connectivity index (χ4n) is 2.46. The van der Waals surface area contributed by atoms with Gasteiger partial charge in [-0.15, -0.1) is 0 Å². The summed E-state index contributed by atoms with van der Waals surface area (Å²) in [4.78, 5) is 37.1. The van der Waals surface area contributed by atoms with Crippen LogP contribution in [0.25, 0.3) is 0 Å². The van der Waals surface area contributed by atoms with E-state index in [0.29, 0.717) is 5.69 Å². The number of benzene rings is 2. The summed E-state index contributed by atoms with van der Waals surface area (Å²) in [7, 11) is 0. The number of imide groups is 1. The average molecular weight is 360 g/mol. The number of rotatable bonds is 2. The molecule has 2 aromatic rings. The number of anilines is 1. The molecule has 0 fully saturated rings. The van der Waals surface area contributed by atoms with Crippen molar-refractivity contribution in [3.05, 3.63) is 63.1 Å². The monoisotopic (exact) mass is 359 g/mol. The molecule has 3 rings (SSSR count). The molecule has 0 unspecified atom stereocenters. The summed E-state index contributed by atoms with van der Waals surface area (Å²) in [6.07, 6.45) is 0. The van der Waals surface area contributed by atoms with Crippen molar-refractivity contribution in [2.75, 3.05) is 4.90 Å². The van der Waals surface area contributed by atoms with Gasteiger partial charge in [0.05, 0.1) is 22.4 Å². The Morgan fingerprint density at radius 2 is 1.73 bits per heavy atom. The first-order chi connectivity index (χ1) is 10.4. The number of carboxylic acid groups (broad SMARTS) is 1. The fourth-order valence-corrected chi connectivity index (χ4v) is 2.94. The van der Waals surface area contributed by atoms with Crippen molar-refractivity contribution in [2.45, 2.75) is 6.92 Å². The molecule has 22 heavy (non-hydrogen) atoms. The van der Waals surface area contributed by atoms with Gasteiger partial charge in [0.1, 0.15) is 0 Å². The average Bonchev–Trinajstić information content (AvgIpc) is 2.71. The number of carboxylic acids is 1. The van der Waals surface area contributed by atoms with Gasteiger partial charge in [-0.05, 0) is 48.9 Å². The maximum atomic E-state index is 12.5. The number of aromatic carboxylic acids is 1. The number of amides is 2. The van der Waals surface area contributed by atoms with E-state index >= 15 is 0 Å². The van der Waals surface area contributed by atoms with Crippen molar-refractivity contribution >= 4 is 39.4 Å². The van der Waals surface area contributed by atoms with E-state index in [1.54, 1.807) is 19.1 Å². The SMILES string of the molecule is Cc1cc(Br)ccc1N1C(=O)c2ccc(C(=O)O)cc2C1=O. The van der Waals surface area contributed by atoms with Gasteiger partial charge in [0.2, 0.25) is 0 Å². The predicted molar refractivity (Wildman–Crippen MR) is 83.4 cm³/mol. The molecule has 0 aromatic heterocycles. The second-order valence-electron chi connectivity index (χ2n) is 4.94. The van der Waals surface area contributed by atoms with Crippen LogP contribution in [0.4, 0.5) is 5.69 Å². The highest BCUT2D eigenvalue weighted by atomic mass is 79.9. The minimum atomic E-state index is -1.14. The summed E-state index contributed by atoms with van der Waals surface area (Å²) >= 11 is 3.34. The highest BCUT2D eigenvalue weighted by Gasteiger charge is 2.37. The van der Waals surface area contributed by atoms with Crippen LogP contribution >= 0.6 is 15.9 Å². The Hall–Kier alpha value is -2.47. The smallest absolute Gasteiger partial charge is 0.335 e. The molecule has 1 aliphatic rings. The van der Waals surface area contributed by atoms with Crippen molar-refractivity contribution in [3.8, 4) is 0 Å². The third-order valence-electron chi connectivity index (χ3n) is 3.53. The van der Waals surface area contributed by atoms with Crippen molar-refractivity contribution in [3.63, 3.8) is 0 Å². The molecular formula is C16H10BrNO4. The molecule has 1 aliphatic heterocycles. The standard InChI is InChI=1S/C16H10BrNO4/c1-8-6-10(17)3-5-13(8)18-14(19)11-4-2-9(16(21)22)7-12(11)15(18)20/h2-7H,1H3,(H,21,22). The number of nitrogens with zero attached hydrogens (tertiary/aromatic N) is 1. The second-order valence-corrected chi connectivity index (χ2v) is 5.86. The molecule has 0 atom stereocenters. The molecule has 6 heteroatoms. The highest BCUT2D eigenvalue weighted by molar-refractivity contribution is 9.10. The molecule has 110 valence electrons. The van der Waals surface area contributed by atoms with E-state index in [-0.39, 0.29) is 16.7 Å². The zero-order chi connectivity index (χ0) is 16.0. The van der Waals surface area contributed by atoms with E-state index in [1.165, 1.54) is 18.2 Å². The van der Waals surface area contributed by atoms with Crippen LogP contribution in [0.3, 0.4) is 0 Å². The summed E-state index contributed by atoms with van der Waals surface area (Å²) in [6.45, 7) is 1.80. The van der Waals surface area contributed by atoms with E-state index in [4.69, 9.17) is 5.11 Å². The molecule has 0 radical (unpaired) electrons. The molecule has 2 amide bonds. The summed E-state index contributed by atoms with van der Waals surface area (Å²) in [5, 5.41) is 9.01. The van der Waals surface area contributed by atoms with Crippen LogP contribution in [-0.2, 0) is 0 Å². The molecule has 0 spiro atoms. The lowest BCUT2D eigenvalue weighted by Crippen LogP contribution is -2.30. The van der Waals surface area contributed by atoms with Crippen molar-refractivity contribution < 1.29 is 19.5 Å². The number of halogens is 1. The maximum Gasteiger partial charge on any atom is 0.335 e. The number of fused-ring (bicyclic) bond motifs is 1. The minimum absolute atomic E-state index is 0.0192. The van der Waals surface area contributed by atoms with Gasteiger partial charge in [0.25, 0.3) is 11.8 Å². The van der Waals surface area contributed by atoms with Gasteiger partial charge < -0.3 is 5.11 Å². The molecule has 0 aliphatic carbocycles.